The first-order valence-electron chi connectivity index (χ1n) is 5.12. The molecule has 15 heavy (non-hydrogen) atoms. The van der Waals surface area contributed by atoms with Crippen LogP contribution in [0.4, 0.5) is 0 Å². The zero-order valence-corrected chi connectivity index (χ0v) is 10.8. The third-order valence-corrected chi connectivity index (χ3v) is 2.69. The maximum atomic E-state index is 11.5. The van der Waals surface area contributed by atoms with Crippen molar-refractivity contribution in [3.63, 3.8) is 0 Å². The van der Waals surface area contributed by atoms with E-state index < -0.39 is 0 Å². The molecule has 0 bridgehead atoms. The lowest BCUT2D eigenvalue weighted by atomic mass is 10.2. The van der Waals surface area contributed by atoms with Crippen LogP contribution in [-0.2, 0) is 11.3 Å². The Kier molecular flexibility index (Phi) is 4.82. The summed E-state index contributed by atoms with van der Waals surface area (Å²) in [6, 6.07) is 8.03. The van der Waals surface area contributed by atoms with Crippen molar-refractivity contribution in [2.75, 3.05) is 7.05 Å². The SMILES string of the molecule is CCCC(=O)N(C)Cc1cccc(Br)c1. The predicted octanol–water partition coefficient (Wildman–Crippen LogP) is 3.21. The average molecular weight is 270 g/mol. The minimum atomic E-state index is 0.206. The van der Waals surface area contributed by atoms with Gasteiger partial charge in [0.05, 0.1) is 0 Å². The fourth-order valence-electron chi connectivity index (χ4n) is 1.40. The number of rotatable bonds is 4. The molecule has 0 heterocycles. The molecule has 2 nitrogen and oxygen atoms in total. The molecule has 0 aliphatic rings. The summed E-state index contributed by atoms with van der Waals surface area (Å²) in [5.41, 5.74) is 1.15. The van der Waals surface area contributed by atoms with E-state index in [-0.39, 0.29) is 5.91 Å². The lowest BCUT2D eigenvalue weighted by Gasteiger charge is -2.16. The molecular formula is C12H16BrNO. The molecule has 0 saturated heterocycles. The number of hydrogen-bond donors (Lipinski definition) is 0. The molecule has 1 aromatic rings. The summed E-state index contributed by atoms with van der Waals surface area (Å²) < 4.78 is 1.05. The van der Waals surface area contributed by atoms with Crippen LogP contribution in [0.3, 0.4) is 0 Å². The van der Waals surface area contributed by atoms with Crippen LogP contribution >= 0.6 is 15.9 Å². The molecule has 0 fully saturated rings. The maximum Gasteiger partial charge on any atom is 0.222 e. The van der Waals surface area contributed by atoms with E-state index in [1.807, 2.05) is 38.2 Å². The van der Waals surface area contributed by atoms with Gasteiger partial charge in [-0.1, -0.05) is 35.0 Å². The van der Waals surface area contributed by atoms with E-state index in [1.165, 1.54) is 0 Å². The van der Waals surface area contributed by atoms with Gasteiger partial charge in [-0.3, -0.25) is 4.79 Å². The Balaban J connectivity index is 2.58. The lowest BCUT2D eigenvalue weighted by molar-refractivity contribution is -0.130. The van der Waals surface area contributed by atoms with E-state index in [4.69, 9.17) is 0 Å². The second-order valence-corrected chi connectivity index (χ2v) is 4.55. The predicted molar refractivity (Wildman–Crippen MR) is 65.5 cm³/mol. The summed E-state index contributed by atoms with van der Waals surface area (Å²) in [6.45, 7) is 2.70. The fourth-order valence-corrected chi connectivity index (χ4v) is 1.85. The van der Waals surface area contributed by atoms with Gasteiger partial charge in [0, 0.05) is 24.5 Å². The van der Waals surface area contributed by atoms with Crippen LogP contribution in [0, 0.1) is 0 Å². The van der Waals surface area contributed by atoms with Gasteiger partial charge in [0.2, 0.25) is 5.91 Å². The Bertz CT molecular complexity index is 338. The van der Waals surface area contributed by atoms with Crippen molar-refractivity contribution in [1.29, 1.82) is 0 Å². The summed E-state index contributed by atoms with van der Waals surface area (Å²) in [6.07, 6.45) is 1.53. The number of carbonyl (C=O) groups excluding carboxylic acids is 1. The van der Waals surface area contributed by atoms with Gasteiger partial charge in [-0.2, -0.15) is 0 Å². The molecule has 1 aromatic carbocycles. The molecule has 1 amide bonds. The molecule has 0 N–H and O–H groups in total. The van der Waals surface area contributed by atoms with Crippen LogP contribution in [0.5, 0.6) is 0 Å². The molecule has 0 aliphatic carbocycles. The normalized spacial score (nSPS) is 10.1. The molecule has 3 heteroatoms. The van der Waals surface area contributed by atoms with Crippen molar-refractivity contribution < 1.29 is 4.79 Å². The van der Waals surface area contributed by atoms with Crippen LogP contribution < -0.4 is 0 Å². The van der Waals surface area contributed by atoms with E-state index in [9.17, 15) is 4.79 Å². The largest absolute Gasteiger partial charge is 0.341 e. The highest BCUT2D eigenvalue weighted by Gasteiger charge is 2.07. The molecule has 0 unspecified atom stereocenters. The Hall–Kier alpha value is -0.830. The van der Waals surface area contributed by atoms with Gasteiger partial charge in [0.1, 0.15) is 0 Å². The summed E-state index contributed by atoms with van der Waals surface area (Å²) in [7, 11) is 1.85. The van der Waals surface area contributed by atoms with Crippen LogP contribution in [0.15, 0.2) is 28.7 Å². The van der Waals surface area contributed by atoms with Crippen molar-refractivity contribution in [2.24, 2.45) is 0 Å². The number of benzene rings is 1. The minimum Gasteiger partial charge on any atom is -0.341 e. The number of hydrogen-bond acceptors (Lipinski definition) is 1. The van der Waals surface area contributed by atoms with Gasteiger partial charge >= 0.3 is 0 Å². The first kappa shape index (κ1) is 12.2. The number of carbonyl (C=O) groups is 1. The second-order valence-electron chi connectivity index (χ2n) is 3.63. The Morgan fingerprint density at radius 2 is 2.20 bits per heavy atom. The number of amides is 1. The van der Waals surface area contributed by atoms with Crippen molar-refractivity contribution >= 4 is 21.8 Å². The molecule has 0 atom stereocenters. The van der Waals surface area contributed by atoms with Crippen molar-refractivity contribution in [1.82, 2.24) is 4.90 Å². The van der Waals surface area contributed by atoms with Crippen LogP contribution in [-0.4, -0.2) is 17.9 Å². The zero-order valence-electron chi connectivity index (χ0n) is 9.16. The van der Waals surface area contributed by atoms with E-state index in [0.717, 1.165) is 16.5 Å². The molecule has 0 saturated carbocycles. The van der Waals surface area contributed by atoms with E-state index in [2.05, 4.69) is 15.9 Å². The monoisotopic (exact) mass is 269 g/mol. The molecule has 0 aliphatic heterocycles. The summed E-state index contributed by atoms with van der Waals surface area (Å²) in [5, 5.41) is 0. The van der Waals surface area contributed by atoms with Gasteiger partial charge in [-0.05, 0) is 24.1 Å². The molecule has 0 aromatic heterocycles. The third kappa shape index (κ3) is 4.04. The van der Waals surface area contributed by atoms with Gasteiger partial charge in [0.15, 0.2) is 0 Å². The van der Waals surface area contributed by atoms with Crippen LogP contribution in [0.2, 0.25) is 0 Å². The highest BCUT2D eigenvalue weighted by Crippen LogP contribution is 2.13. The Morgan fingerprint density at radius 3 is 2.80 bits per heavy atom. The topological polar surface area (TPSA) is 20.3 Å². The van der Waals surface area contributed by atoms with Gasteiger partial charge < -0.3 is 4.90 Å². The molecule has 1 rings (SSSR count). The van der Waals surface area contributed by atoms with Gasteiger partial charge in [-0.15, -0.1) is 0 Å². The van der Waals surface area contributed by atoms with Crippen molar-refractivity contribution in [3.05, 3.63) is 34.3 Å². The summed E-state index contributed by atoms with van der Waals surface area (Å²) in [4.78, 5) is 13.3. The zero-order chi connectivity index (χ0) is 11.3. The molecule has 82 valence electrons. The smallest absolute Gasteiger partial charge is 0.222 e. The fraction of sp³-hybridized carbons (Fsp3) is 0.417. The third-order valence-electron chi connectivity index (χ3n) is 2.20. The minimum absolute atomic E-state index is 0.206. The quantitative estimate of drug-likeness (QED) is 0.822. The molecule has 0 spiro atoms. The average Bonchev–Trinajstić information content (AvgIpc) is 2.18. The van der Waals surface area contributed by atoms with Crippen molar-refractivity contribution in [3.8, 4) is 0 Å². The van der Waals surface area contributed by atoms with Gasteiger partial charge in [0.25, 0.3) is 0 Å². The van der Waals surface area contributed by atoms with Crippen LogP contribution in [0.25, 0.3) is 0 Å². The summed E-state index contributed by atoms with van der Waals surface area (Å²) >= 11 is 3.42. The summed E-state index contributed by atoms with van der Waals surface area (Å²) in [5.74, 6) is 0.206. The van der Waals surface area contributed by atoms with E-state index in [1.54, 1.807) is 4.90 Å². The number of halogens is 1. The lowest BCUT2D eigenvalue weighted by Crippen LogP contribution is -2.25. The highest BCUT2D eigenvalue weighted by molar-refractivity contribution is 9.10. The molecule has 0 radical (unpaired) electrons. The Labute approximate surface area is 99.4 Å². The van der Waals surface area contributed by atoms with Crippen LogP contribution in [0.1, 0.15) is 25.3 Å². The van der Waals surface area contributed by atoms with E-state index >= 15 is 0 Å². The Morgan fingerprint density at radius 1 is 1.47 bits per heavy atom. The van der Waals surface area contributed by atoms with E-state index in [0.29, 0.717) is 13.0 Å². The standard InChI is InChI=1S/C12H16BrNO/c1-3-5-12(15)14(2)9-10-6-4-7-11(13)8-10/h4,6-8H,3,5,9H2,1-2H3. The molecular weight excluding hydrogens is 254 g/mol. The first-order chi connectivity index (χ1) is 7.13. The van der Waals surface area contributed by atoms with Gasteiger partial charge in [-0.25, -0.2) is 0 Å². The second kappa shape index (κ2) is 5.91. The number of nitrogens with zero attached hydrogens (tertiary/aromatic N) is 1. The highest BCUT2D eigenvalue weighted by atomic mass is 79.9. The first-order valence-corrected chi connectivity index (χ1v) is 5.91. The maximum absolute atomic E-state index is 11.5. The van der Waals surface area contributed by atoms with Crippen molar-refractivity contribution in [2.45, 2.75) is 26.3 Å².